The van der Waals surface area contributed by atoms with E-state index in [0.717, 1.165) is 0 Å². The van der Waals surface area contributed by atoms with E-state index in [1.54, 1.807) is 0 Å². The summed E-state index contributed by atoms with van der Waals surface area (Å²) in [5, 5.41) is 0. The van der Waals surface area contributed by atoms with Gasteiger partial charge in [0.15, 0.2) is 11.2 Å². The molecule has 2 heterocycles. The monoisotopic (exact) mass is 253 g/mol. The van der Waals surface area contributed by atoms with E-state index < -0.39 is 0 Å². The molecule has 0 radical (unpaired) electrons. The lowest BCUT2D eigenvalue weighted by atomic mass is 10.5. The van der Waals surface area contributed by atoms with Crippen LogP contribution in [0.4, 0.5) is 5.95 Å². The highest BCUT2D eigenvalue weighted by molar-refractivity contribution is 5.85. The molecule has 0 aromatic carbocycles. The van der Waals surface area contributed by atoms with Crippen molar-refractivity contribution >= 4 is 41.9 Å². The second-order valence-corrected chi connectivity index (χ2v) is 2.18. The maximum absolute atomic E-state index is 11.1. The maximum atomic E-state index is 11.1. The predicted octanol–water partition coefficient (Wildman–Crippen LogP) is -0.686. The maximum Gasteiger partial charge on any atom is 0.280 e. The zero-order valence-corrected chi connectivity index (χ0v) is 8.93. The standard InChI is InChI=1S/C6H5N5O.2ClH.H2O/c7-6-10-4-3(5(12)11-6)8-1-2-9-4;;;/h1-2H,(H3,7,9,10,11,12);2*1H;1H2. The number of rotatable bonds is 0. The average molecular weight is 254 g/mol. The molecule has 0 amide bonds. The van der Waals surface area contributed by atoms with Crippen LogP contribution in [0.5, 0.6) is 0 Å². The molecular formula is C6H9Cl2N5O2. The average Bonchev–Trinajstić information content (AvgIpc) is 2.04. The minimum absolute atomic E-state index is 0. The Balaban J connectivity index is 0. The van der Waals surface area contributed by atoms with Crippen LogP contribution in [-0.2, 0) is 0 Å². The summed E-state index contributed by atoms with van der Waals surface area (Å²) >= 11 is 0. The Labute approximate surface area is 96.3 Å². The van der Waals surface area contributed by atoms with Crippen LogP contribution in [0.15, 0.2) is 17.2 Å². The smallest absolute Gasteiger partial charge is 0.280 e. The number of hydrogen-bond acceptors (Lipinski definition) is 5. The van der Waals surface area contributed by atoms with Crippen LogP contribution < -0.4 is 11.3 Å². The van der Waals surface area contributed by atoms with Gasteiger partial charge in [-0.2, -0.15) is 4.98 Å². The molecule has 0 aliphatic rings. The summed E-state index contributed by atoms with van der Waals surface area (Å²) in [6, 6.07) is 0. The Hall–Kier alpha value is -1.44. The lowest BCUT2D eigenvalue weighted by molar-refractivity contribution is 0.824. The Bertz CT molecular complexity index is 488. The first kappa shape index (κ1) is 16.0. The number of aromatic amines is 1. The number of halogens is 2. The van der Waals surface area contributed by atoms with Crippen LogP contribution in [0.2, 0.25) is 0 Å². The molecule has 15 heavy (non-hydrogen) atoms. The number of aromatic nitrogens is 4. The summed E-state index contributed by atoms with van der Waals surface area (Å²) in [7, 11) is 0. The molecule has 9 heteroatoms. The van der Waals surface area contributed by atoms with Crippen molar-refractivity contribution in [2.24, 2.45) is 0 Å². The molecule has 0 aliphatic carbocycles. The van der Waals surface area contributed by atoms with Crippen LogP contribution in [0.25, 0.3) is 11.2 Å². The first-order valence-electron chi connectivity index (χ1n) is 3.24. The van der Waals surface area contributed by atoms with Gasteiger partial charge in [-0.3, -0.25) is 9.78 Å². The van der Waals surface area contributed by atoms with Gasteiger partial charge >= 0.3 is 0 Å². The Morgan fingerprint density at radius 2 is 1.80 bits per heavy atom. The largest absolute Gasteiger partial charge is 0.412 e. The van der Waals surface area contributed by atoms with Gasteiger partial charge in [-0.25, -0.2) is 9.97 Å². The number of anilines is 1. The molecular weight excluding hydrogens is 245 g/mol. The zero-order valence-electron chi connectivity index (χ0n) is 7.30. The van der Waals surface area contributed by atoms with Gasteiger partial charge in [0.1, 0.15) is 0 Å². The lowest BCUT2D eigenvalue weighted by Crippen LogP contribution is -2.12. The zero-order chi connectivity index (χ0) is 8.55. The van der Waals surface area contributed by atoms with Crippen molar-refractivity contribution in [3.63, 3.8) is 0 Å². The van der Waals surface area contributed by atoms with Gasteiger partial charge in [-0.15, -0.1) is 24.8 Å². The number of nitrogen functional groups attached to an aromatic ring is 1. The molecule has 5 N–H and O–H groups in total. The number of nitrogens with two attached hydrogens (primary N) is 1. The van der Waals surface area contributed by atoms with Crippen LogP contribution in [0.3, 0.4) is 0 Å². The van der Waals surface area contributed by atoms with E-state index in [1.165, 1.54) is 12.4 Å². The van der Waals surface area contributed by atoms with E-state index in [4.69, 9.17) is 5.73 Å². The molecule has 0 saturated heterocycles. The van der Waals surface area contributed by atoms with Crippen molar-refractivity contribution < 1.29 is 5.48 Å². The van der Waals surface area contributed by atoms with Crippen molar-refractivity contribution in [2.75, 3.05) is 5.73 Å². The minimum atomic E-state index is -0.370. The number of hydrogen-bond donors (Lipinski definition) is 2. The van der Waals surface area contributed by atoms with Gasteiger partial charge in [0.2, 0.25) is 5.95 Å². The molecule has 84 valence electrons. The molecule has 7 nitrogen and oxygen atoms in total. The van der Waals surface area contributed by atoms with Crippen LogP contribution >= 0.6 is 24.8 Å². The summed E-state index contributed by atoms with van der Waals surface area (Å²) in [4.78, 5) is 24.9. The van der Waals surface area contributed by atoms with E-state index in [1.807, 2.05) is 0 Å². The third-order valence-corrected chi connectivity index (χ3v) is 1.36. The predicted molar refractivity (Wildman–Crippen MR) is 60.5 cm³/mol. The second-order valence-electron chi connectivity index (χ2n) is 2.18. The van der Waals surface area contributed by atoms with E-state index in [-0.39, 0.29) is 53.0 Å². The Kier molecular flexibility index (Phi) is 6.53. The van der Waals surface area contributed by atoms with Gasteiger partial charge in [0, 0.05) is 12.4 Å². The summed E-state index contributed by atoms with van der Waals surface area (Å²) in [5.74, 6) is 0.0491. The highest BCUT2D eigenvalue weighted by Crippen LogP contribution is 1.97. The normalized spacial score (nSPS) is 8.27. The number of H-pyrrole nitrogens is 1. The van der Waals surface area contributed by atoms with Gasteiger partial charge in [0.25, 0.3) is 5.56 Å². The lowest BCUT2D eigenvalue weighted by Gasteiger charge is -1.94. The third-order valence-electron chi connectivity index (χ3n) is 1.36. The molecule has 2 aromatic rings. The highest BCUT2D eigenvalue weighted by atomic mass is 35.5. The molecule has 0 unspecified atom stereocenters. The number of nitrogens with zero attached hydrogens (tertiary/aromatic N) is 3. The van der Waals surface area contributed by atoms with Gasteiger partial charge in [-0.1, -0.05) is 0 Å². The topological polar surface area (TPSA) is 129 Å². The van der Waals surface area contributed by atoms with Crippen molar-refractivity contribution in [1.29, 1.82) is 0 Å². The van der Waals surface area contributed by atoms with Crippen molar-refractivity contribution in [2.45, 2.75) is 0 Å². The molecule has 0 saturated carbocycles. The summed E-state index contributed by atoms with van der Waals surface area (Å²) in [5.41, 5.74) is 5.38. The molecule has 0 aliphatic heterocycles. The molecule has 2 aromatic heterocycles. The SMILES string of the molecule is Cl.Cl.Nc1nc2nccnc2c(=O)[nH]1.O. The molecule has 2 rings (SSSR count). The van der Waals surface area contributed by atoms with E-state index in [2.05, 4.69) is 19.9 Å². The van der Waals surface area contributed by atoms with Crippen LogP contribution in [-0.4, -0.2) is 25.4 Å². The number of nitrogens with one attached hydrogen (secondary N) is 1. The second kappa shape index (κ2) is 6.12. The van der Waals surface area contributed by atoms with Gasteiger partial charge < -0.3 is 11.2 Å². The summed E-state index contributed by atoms with van der Waals surface area (Å²) < 4.78 is 0. The van der Waals surface area contributed by atoms with E-state index >= 15 is 0 Å². The molecule has 0 spiro atoms. The summed E-state index contributed by atoms with van der Waals surface area (Å²) in [6.07, 6.45) is 2.88. The first-order valence-corrected chi connectivity index (χ1v) is 3.24. The Morgan fingerprint density at radius 1 is 1.20 bits per heavy atom. The minimum Gasteiger partial charge on any atom is -0.412 e. The highest BCUT2D eigenvalue weighted by Gasteiger charge is 2.01. The van der Waals surface area contributed by atoms with Gasteiger partial charge in [0.05, 0.1) is 0 Å². The fraction of sp³-hybridized carbons (Fsp3) is 0. The van der Waals surface area contributed by atoms with Crippen LogP contribution in [0.1, 0.15) is 0 Å². The van der Waals surface area contributed by atoms with Crippen molar-refractivity contribution in [3.8, 4) is 0 Å². The number of fused-ring (bicyclic) bond motifs is 1. The summed E-state index contributed by atoms with van der Waals surface area (Å²) in [6.45, 7) is 0. The molecule has 0 bridgehead atoms. The molecule has 0 fully saturated rings. The first-order chi connectivity index (χ1) is 5.77. The van der Waals surface area contributed by atoms with E-state index in [9.17, 15) is 4.79 Å². The fourth-order valence-corrected chi connectivity index (χ4v) is 0.890. The van der Waals surface area contributed by atoms with Crippen molar-refractivity contribution in [3.05, 3.63) is 22.7 Å². The Morgan fingerprint density at radius 3 is 2.47 bits per heavy atom. The van der Waals surface area contributed by atoms with Crippen molar-refractivity contribution in [1.82, 2.24) is 19.9 Å². The van der Waals surface area contributed by atoms with E-state index in [0.29, 0.717) is 0 Å². The quantitative estimate of drug-likeness (QED) is 0.642. The van der Waals surface area contributed by atoms with Gasteiger partial charge in [-0.05, 0) is 0 Å². The third kappa shape index (κ3) is 3.01. The molecule has 0 atom stereocenters. The van der Waals surface area contributed by atoms with Crippen LogP contribution in [0, 0.1) is 0 Å². The fourth-order valence-electron chi connectivity index (χ4n) is 0.890.